The molecule has 4 nitrogen and oxygen atoms in total. The van der Waals surface area contributed by atoms with Crippen LogP contribution in [0.4, 0.5) is 31.5 Å². The predicted molar refractivity (Wildman–Crippen MR) is 98.0 cm³/mol. The van der Waals surface area contributed by atoms with Gasteiger partial charge in [0.25, 0.3) is 0 Å². The van der Waals surface area contributed by atoms with E-state index >= 15 is 0 Å². The summed E-state index contributed by atoms with van der Waals surface area (Å²) in [6.45, 7) is 5.83. The number of hydrogen-bond donors (Lipinski definition) is 2. The second kappa shape index (κ2) is 7.09. The number of carbonyl (C=O) groups is 1. The van der Waals surface area contributed by atoms with Gasteiger partial charge in [0.15, 0.2) is 5.82 Å². The van der Waals surface area contributed by atoms with E-state index in [1.807, 2.05) is 20.8 Å². The fraction of sp³-hybridized carbons (Fsp3) is 0.316. The Balaban J connectivity index is 2.25. The summed E-state index contributed by atoms with van der Waals surface area (Å²) in [7, 11) is 1.66. The van der Waals surface area contributed by atoms with Crippen molar-refractivity contribution in [2.45, 2.75) is 27.2 Å². The summed E-state index contributed by atoms with van der Waals surface area (Å²) in [6, 6.07) is 8.78. The van der Waals surface area contributed by atoms with Crippen molar-refractivity contribution in [3.05, 3.63) is 48.0 Å². The monoisotopic (exact) mass is 347 g/mol. The quantitative estimate of drug-likeness (QED) is 0.789. The van der Waals surface area contributed by atoms with E-state index in [0.717, 1.165) is 0 Å². The molecule has 1 amide bonds. The summed E-state index contributed by atoms with van der Waals surface area (Å²) < 4.78 is 27.7. The molecule has 25 heavy (non-hydrogen) atoms. The van der Waals surface area contributed by atoms with Crippen LogP contribution in [0.2, 0.25) is 0 Å². The lowest BCUT2D eigenvalue weighted by molar-refractivity contribution is -0.117. The summed E-state index contributed by atoms with van der Waals surface area (Å²) in [4.78, 5) is 13.6. The molecule has 0 fully saturated rings. The molecule has 0 aliphatic rings. The van der Waals surface area contributed by atoms with Crippen LogP contribution in [0, 0.1) is 17.0 Å². The zero-order valence-corrected chi connectivity index (χ0v) is 14.9. The van der Waals surface area contributed by atoms with Gasteiger partial charge in [0, 0.05) is 19.2 Å². The first-order valence-corrected chi connectivity index (χ1v) is 7.95. The van der Waals surface area contributed by atoms with Gasteiger partial charge < -0.3 is 16.0 Å². The van der Waals surface area contributed by atoms with Gasteiger partial charge in [-0.15, -0.1) is 0 Å². The van der Waals surface area contributed by atoms with E-state index < -0.39 is 5.82 Å². The van der Waals surface area contributed by atoms with E-state index in [-0.39, 0.29) is 34.2 Å². The van der Waals surface area contributed by atoms with Crippen LogP contribution in [0.5, 0.6) is 0 Å². The highest BCUT2D eigenvalue weighted by Gasteiger charge is 2.19. The zero-order chi connectivity index (χ0) is 18.8. The lowest BCUT2D eigenvalue weighted by atomic mass is 9.92. The Hall–Kier alpha value is -2.63. The van der Waals surface area contributed by atoms with Crippen LogP contribution in [0.3, 0.4) is 0 Å². The average Bonchev–Trinajstić information content (AvgIpc) is 2.50. The van der Waals surface area contributed by atoms with Crippen LogP contribution in [0.15, 0.2) is 36.4 Å². The molecule has 2 aromatic carbocycles. The first-order valence-electron chi connectivity index (χ1n) is 7.95. The van der Waals surface area contributed by atoms with Crippen molar-refractivity contribution in [3.63, 3.8) is 0 Å². The molecule has 0 bridgehead atoms. The minimum Gasteiger partial charge on any atom is -0.395 e. The number of halogens is 2. The fourth-order valence-electron chi connectivity index (χ4n) is 2.43. The van der Waals surface area contributed by atoms with Gasteiger partial charge in [0.05, 0.1) is 17.1 Å². The van der Waals surface area contributed by atoms with Crippen LogP contribution in [-0.2, 0) is 4.79 Å². The van der Waals surface area contributed by atoms with Gasteiger partial charge in [-0.3, -0.25) is 4.79 Å². The number of amides is 1. The third-order valence-electron chi connectivity index (χ3n) is 3.70. The number of anilines is 4. The lowest BCUT2D eigenvalue weighted by Gasteiger charge is -2.22. The van der Waals surface area contributed by atoms with E-state index in [2.05, 4.69) is 5.32 Å². The molecule has 3 N–H and O–H groups in total. The number of nitrogens with one attached hydrogen (secondary N) is 1. The predicted octanol–water partition coefficient (Wildman–Crippen LogP) is 4.69. The molecular weight excluding hydrogens is 324 g/mol. The molecule has 0 unspecified atom stereocenters. The summed E-state index contributed by atoms with van der Waals surface area (Å²) in [6.07, 6.45) is 0.297. The maximum Gasteiger partial charge on any atom is 0.224 e. The Kier molecular flexibility index (Phi) is 5.30. The van der Waals surface area contributed by atoms with Crippen LogP contribution in [0.25, 0.3) is 0 Å². The van der Waals surface area contributed by atoms with E-state index in [0.29, 0.717) is 12.1 Å². The molecule has 0 atom stereocenters. The van der Waals surface area contributed by atoms with Crippen molar-refractivity contribution < 1.29 is 13.6 Å². The Labute approximate surface area is 146 Å². The van der Waals surface area contributed by atoms with Gasteiger partial charge >= 0.3 is 0 Å². The standard InChI is InChI=1S/C19H23F2N3O/c1-19(2,3)11-16(25)23-14-9-10-15(17(21)18(14)22)24(4)13-7-5-12(20)6-8-13/h5-10H,11,22H2,1-4H3,(H,23,25). The van der Waals surface area contributed by atoms with Gasteiger partial charge in [-0.2, -0.15) is 0 Å². The molecule has 0 spiro atoms. The van der Waals surface area contributed by atoms with Crippen LogP contribution < -0.4 is 16.0 Å². The Bertz CT molecular complexity index is 767. The van der Waals surface area contributed by atoms with Gasteiger partial charge in [0.2, 0.25) is 5.91 Å². The van der Waals surface area contributed by atoms with Gasteiger partial charge in [0.1, 0.15) is 5.82 Å². The van der Waals surface area contributed by atoms with Crippen molar-refractivity contribution in [2.24, 2.45) is 5.41 Å². The maximum absolute atomic E-state index is 14.7. The SMILES string of the molecule is CN(c1ccc(F)cc1)c1ccc(NC(=O)CC(C)(C)C)c(N)c1F. The van der Waals surface area contributed by atoms with Crippen LogP contribution >= 0.6 is 0 Å². The van der Waals surface area contributed by atoms with E-state index in [9.17, 15) is 13.6 Å². The van der Waals surface area contributed by atoms with E-state index in [1.54, 1.807) is 30.1 Å². The third kappa shape index (κ3) is 4.68. The number of rotatable bonds is 4. The number of nitrogen functional groups attached to an aromatic ring is 1. The minimum absolute atomic E-state index is 0.131. The lowest BCUT2D eigenvalue weighted by Crippen LogP contribution is -2.21. The Morgan fingerprint density at radius 1 is 1.12 bits per heavy atom. The number of nitrogens with zero attached hydrogens (tertiary/aromatic N) is 1. The number of benzene rings is 2. The first kappa shape index (κ1) is 18.7. The molecule has 2 aromatic rings. The second-order valence-electron chi connectivity index (χ2n) is 7.18. The highest BCUT2D eigenvalue weighted by atomic mass is 19.1. The highest BCUT2D eigenvalue weighted by molar-refractivity contribution is 5.95. The second-order valence-corrected chi connectivity index (χ2v) is 7.18. The maximum atomic E-state index is 14.7. The average molecular weight is 347 g/mol. The summed E-state index contributed by atoms with van der Waals surface area (Å²) >= 11 is 0. The fourth-order valence-corrected chi connectivity index (χ4v) is 2.43. The number of hydrogen-bond acceptors (Lipinski definition) is 3. The van der Waals surface area contributed by atoms with Crippen molar-refractivity contribution in [2.75, 3.05) is 23.0 Å². The van der Waals surface area contributed by atoms with Crippen molar-refractivity contribution in [1.29, 1.82) is 0 Å². The summed E-state index contributed by atoms with van der Waals surface area (Å²) in [5, 5.41) is 2.65. The molecule has 6 heteroatoms. The molecule has 2 rings (SSSR count). The minimum atomic E-state index is -0.639. The summed E-state index contributed by atoms with van der Waals surface area (Å²) in [5.41, 5.74) is 6.64. The molecule has 134 valence electrons. The van der Waals surface area contributed by atoms with Gasteiger partial charge in [-0.25, -0.2) is 8.78 Å². The van der Waals surface area contributed by atoms with Crippen molar-refractivity contribution in [1.82, 2.24) is 0 Å². The zero-order valence-electron chi connectivity index (χ0n) is 14.9. The molecule has 0 saturated heterocycles. The number of nitrogens with two attached hydrogens (primary N) is 1. The molecule has 0 aliphatic carbocycles. The molecule has 0 aliphatic heterocycles. The van der Waals surface area contributed by atoms with Gasteiger partial charge in [-0.05, 0) is 41.8 Å². The van der Waals surface area contributed by atoms with Crippen molar-refractivity contribution in [3.8, 4) is 0 Å². The first-order chi connectivity index (χ1) is 11.6. The van der Waals surface area contributed by atoms with Crippen LogP contribution in [-0.4, -0.2) is 13.0 Å². The van der Waals surface area contributed by atoms with Crippen LogP contribution in [0.1, 0.15) is 27.2 Å². The van der Waals surface area contributed by atoms with E-state index in [4.69, 9.17) is 5.73 Å². The van der Waals surface area contributed by atoms with Crippen molar-refractivity contribution >= 4 is 28.7 Å². The molecule has 0 aromatic heterocycles. The Morgan fingerprint density at radius 3 is 2.28 bits per heavy atom. The summed E-state index contributed by atoms with van der Waals surface area (Å²) in [5.74, 6) is -1.23. The number of carbonyl (C=O) groups excluding carboxylic acids is 1. The Morgan fingerprint density at radius 2 is 1.72 bits per heavy atom. The third-order valence-corrected chi connectivity index (χ3v) is 3.70. The normalized spacial score (nSPS) is 11.3. The molecule has 0 radical (unpaired) electrons. The smallest absolute Gasteiger partial charge is 0.224 e. The molecule has 0 saturated carbocycles. The highest BCUT2D eigenvalue weighted by Crippen LogP contribution is 2.33. The topological polar surface area (TPSA) is 58.4 Å². The van der Waals surface area contributed by atoms with Gasteiger partial charge in [-0.1, -0.05) is 20.8 Å². The largest absolute Gasteiger partial charge is 0.395 e. The molecule has 0 heterocycles. The molecular formula is C19H23F2N3O. The van der Waals surface area contributed by atoms with E-state index in [1.165, 1.54) is 18.2 Å².